The molecule has 0 unspecified atom stereocenters. The zero-order valence-electron chi connectivity index (χ0n) is 52.7. The third kappa shape index (κ3) is 18.3. The molecule has 514 valence electrons. The highest BCUT2D eigenvalue weighted by atomic mass is 35.5. The summed E-state index contributed by atoms with van der Waals surface area (Å²) in [4.78, 5) is 94.9. The van der Waals surface area contributed by atoms with E-state index in [9.17, 15) is 55.1 Å². The second-order valence-electron chi connectivity index (χ2n) is 24.6. The number of para-hydroxylation sites is 2. The lowest BCUT2D eigenvalue weighted by Crippen LogP contribution is -2.63. The molecule has 6 aliphatic heterocycles. The van der Waals surface area contributed by atoms with Crippen LogP contribution in [0.2, 0.25) is 10.0 Å². The van der Waals surface area contributed by atoms with Crippen LogP contribution in [0, 0.1) is 0 Å². The predicted octanol–water partition coefficient (Wildman–Crippen LogP) is 8.61. The minimum Gasteiger partial charge on any atom is -0.463 e. The van der Waals surface area contributed by atoms with Crippen molar-refractivity contribution >= 4 is 82.1 Å². The number of amides is 7. The van der Waals surface area contributed by atoms with Crippen LogP contribution in [0.4, 0.5) is 68.3 Å². The van der Waals surface area contributed by atoms with Gasteiger partial charge in [-0.2, -0.15) is 26.3 Å². The first-order valence-electron chi connectivity index (χ1n) is 31.2. The summed E-state index contributed by atoms with van der Waals surface area (Å²) in [5.74, 6) is -1.35. The fraction of sp³-hybridized carbons (Fsp3) is 0.531. The molecule has 22 nitrogen and oxygen atoms in total. The number of nitrogens with zero attached hydrogens (tertiary/aromatic N) is 8. The Balaban J connectivity index is 0.000000269. The summed E-state index contributed by atoms with van der Waals surface area (Å²) in [6.07, 6.45) is -7.54. The summed E-state index contributed by atoms with van der Waals surface area (Å²) in [7, 11) is 5.73. The van der Waals surface area contributed by atoms with E-state index in [2.05, 4.69) is 27.5 Å². The first-order chi connectivity index (χ1) is 44.2. The summed E-state index contributed by atoms with van der Waals surface area (Å²) in [5.41, 5.74) is 11.8. The average molecular weight is 1360 g/mol. The minimum absolute atomic E-state index is 0. The van der Waals surface area contributed by atoms with Crippen molar-refractivity contribution in [1.82, 2.24) is 39.2 Å². The lowest BCUT2D eigenvalue weighted by atomic mass is 9.99. The van der Waals surface area contributed by atoms with Crippen LogP contribution in [-0.4, -0.2) is 224 Å². The van der Waals surface area contributed by atoms with E-state index in [1.807, 2.05) is 72.4 Å². The number of nitrogens with two attached hydrogens (primary N) is 2. The van der Waals surface area contributed by atoms with Crippen molar-refractivity contribution < 1.29 is 74.8 Å². The van der Waals surface area contributed by atoms with Gasteiger partial charge in [0.25, 0.3) is 5.91 Å². The summed E-state index contributed by atoms with van der Waals surface area (Å²) in [6.45, 7) is 5.34. The quantitative estimate of drug-likeness (QED) is 0.0399. The fourth-order valence-corrected chi connectivity index (χ4v) is 13.3. The van der Waals surface area contributed by atoms with E-state index < -0.39 is 77.5 Å². The van der Waals surface area contributed by atoms with Crippen LogP contribution >= 0.6 is 23.2 Å². The maximum Gasteiger partial charge on any atom is 0.418 e. The number of esters is 1. The number of urea groups is 2. The van der Waals surface area contributed by atoms with Crippen LogP contribution in [-0.2, 0) is 61.8 Å². The van der Waals surface area contributed by atoms with Gasteiger partial charge in [-0.25, -0.2) is 24.0 Å². The molecule has 2 atom stereocenters. The van der Waals surface area contributed by atoms with E-state index in [0.29, 0.717) is 71.4 Å². The second-order valence-corrected chi connectivity index (χ2v) is 25.4. The summed E-state index contributed by atoms with van der Waals surface area (Å²) in [6, 6.07) is 18.3. The summed E-state index contributed by atoms with van der Waals surface area (Å²) < 4.78 is 98.4. The van der Waals surface area contributed by atoms with E-state index >= 15 is 0 Å². The summed E-state index contributed by atoms with van der Waals surface area (Å²) >= 11 is 12.0. The number of carbonyl (C=O) groups excluding carboxylic acids is 6. The highest BCUT2D eigenvalue weighted by Crippen LogP contribution is 2.40. The normalized spacial score (nSPS) is 19.3. The molecule has 6 aliphatic rings. The maximum absolute atomic E-state index is 14.7. The van der Waals surface area contributed by atoms with E-state index in [4.69, 9.17) is 48.9 Å². The molecule has 4 fully saturated rings. The molecule has 0 spiro atoms. The monoisotopic (exact) mass is 1360 g/mol. The number of benzene rings is 4. The van der Waals surface area contributed by atoms with E-state index in [1.54, 1.807) is 9.80 Å². The van der Waals surface area contributed by atoms with E-state index in [1.165, 1.54) is 21.9 Å². The predicted molar refractivity (Wildman–Crippen MR) is 342 cm³/mol. The molecular formula is C64H82Cl2F6N12O10. The van der Waals surface area contributed by atoms with Crippen molar-refractivity contribution in [3.63, 3.8) is 0 Å². The highest BCUT2D eigenvalue weighted by molar-refractivity contribution is 6.33. The number of hydrogen-bond donors (Lipinski definition) is 4. The maximum atomic E-state index is 14.7. The van der Waals surface area contributed by atoms with Gasteiger partial charge in [-0.3, -0.25) is 9.69 Å². The van der Waals surface area contributed by atoms with Gasteiger partial charge in [-0.15, -0.1) is 0 Å². The Morgan fingerprint density at radius 1 is 0.628 bits per heavy atom. The number of carbonyl (C=O) groups is 6. The molecule has 4 aromatic carbocycles. The molecule has 6 heterocycles. The molecule has 4 aromatic rings. The Bertz CT molecular complexity index is 3330. The van der Waals surface area contributed by atoms with Gasteiger partial charge in [0.15, 0.2) is 6.10 Å². The van der Waals surface area contributed by atoms with Crippen LogP contribution in [0.5, 0.6) is 0 Å². The Kier molecular flexibility index (Phi) is 24.5. The Morgan fingerprint density at radius 3 is 1.62 bits per heavy atom. The molecule has 0 aliphatic carbocycles. The van der Waals surface area contributed by atoms with Crippen molar-refractivity contribution in [3.8, 4) is 0 Å². The number of likely N-dealkylation sites (tertiary alicyclic amines) is 3. The molecule has 7 amide bonds. The number of rotatable bonds is 14. The number of nitrogen functional groups attached to an aromatic ring is 2. The average Bonchev–Trinajstić information content (AvgIpc) is 1.00. The first kappa shape index (κ1) is 72.3. The number of anilines is 4. The molecule has 8 N–H and O–H groups in total. The standard InChI is InChI=1S/C40H54ClF3N8O6.C24H26ClF3N4O3.H2O/c1-47(2)20-21-57-37(54)33-25-50(28-9-13-48(3)14-10-28)18-19-52(33)36(53)34(24-26-22-30(40(42,43)44)35(45)31(41)23-26)58-39(56)49-15-11-29(12-16-49)51-17-8-27-6-4-5-7-32(27)46-38(51)55;25-19-14-15(13-18(21(19)29)24(26,27)28)8-12-35-23(34)31-9-6-17(7-10-31)32-11-5-16-3-1-2-4-20(16)30-22(32)33;/h4-7,22-23,28-29,33-34H,8-21,24-25,45H2,1-3H3,(H,46,55);1-4,13-14,17H,5-12,29H2,(H,30,33);1H2/t33-,34+;;/m0../s1. The lowest BCUT2D eigenvalue weighted by molar-refractivity contribution is -0.163. The number of piperidine rings is 3. The van der Waals surface area contributed by atoms with Crippen LogP contribution in [0.1, 0.15) is 71.9 Å². The van der Waals surface area contributed by atoms with Gasteiger partial charge in [0, 0.05) is 108 Å². The van der Waals surface area contributed by atoms with E-state index in [0.717, 1.165) is 67.0 Å². The largest absolute Gasteiger partial charge is 0.463 e. The van der Waals surface area contributed by atoms with Gasteiger partial charge >= 0.3 is 42.6 Å². The number of hydrogen-bond acceptors (Lipinski definition) is 14. The highest BCUT2D eigenvalue weighted by Gasteiger charge is 2.44. The van der Waals surface area contributed by atoms with Crippen LogP contribution in [0.15, 0.2) is 72.8 Å². The number of piperazine rings is 1. The van der Waals surface area contributed by atoms with Crippen molar-refractivity contribution in [3.05, 3.63) is 116 Å². The molecule has 94 heavy (non-hydrogen) atoms. The number of fused-ring (bicyclic) bond motifs is 2. The first-order valence-corrected chi connectivity index (χ1v) is 32.0. The van der Waals surface area contributed by atoms with Crippen LogP contribution < -0.4 is 22.1 Å². The van der Waals surface area contributed by atoms with E-state index in [-0.39, 0.29) is 103 Å². The van der Waals surface area contributed by atoms with Gasteiger partial charge < -0.3 is 76.1 Å². The number of likely N-dealkylation sites (N-methyl/N-ethyl adjacent to an activating group) is 1. The molecule has 0 aromatic heterocycles. The van der Waals surface area contributed by atoms with Gasteiger partial charge in [-0.05, 0) is 144 Å². The molecule has 0 bridgehead atoms. The van der Waals surface area contributed by atoms with Crippen molar-refractivity contribution in [2.75, 3.05) is 135 Å². The topological polar surface area (TPSA) is 264 Å². The molecule has 4 saturated heterocycles. The third-order valence-corrected chi connectivity index (χ3v) is 18.7. The molecule has 10 rings (SSSR count). The SMILES string of the molecule is CN(C)CCOC(=O)[C@@H]1CN(C2CCN(C)CC2)CCN1C(=O)[C@@H](Cc1cc(Cl)c(N)c(C(F)(F)F)c1)OC(=O)N1CCC(N2CCc3ccccc3NC2=O)CC1.Nc1c(Cl)cc(CCOC(=O)N2CCC(N3CCc4ccccc4NC3=O)CC2)cc1C(F)(F)F.O. The lowest BCUT2D eigenvalue weighted by Gasteiger charge is -2.45. The van der Waals surface area contributed by atoms with Crippen molar-refractivity contribution in [1.29, 1.82) is 0 Å². The second kappa shape index (κ2) is 31.8. The number of nitrogens with one attached hydrogen (secondary N) is 2. The van der Waals surface area contributed by atoms with Gasteiger partial charge in [0.2, 0.25) is 0 Å². The zero-order valence-corrected chi connectivity index (χ0v) is 54.2. The Morgan fingerprint density at radius 2 is 1.11 bits per heavy atom. The Hall–Kier alpha value is -7.50. The molecular weight excluding hydrogens is 1280 g/mol. The Labute approximate surface area is 551 Å². The van der Waals surface area contributed by atoms with Crippen molar-refractivity contribution in [2.24, 2.45) is 0 Å². The van der Waals surface area contributed by atoms with Crippen LogP contribution in [0.3, 0.4) is 0 Å². The summed E-state index contributed by atoms with van der Waals surface area (Å²) in [5, 5.41) is 5.39. The van der Waals surface area contributed by atoms with Gasteiger partial charge in [-0.1, -0.05) is 59.6 Å². The molecule has 30 heteroatoms. The molecule has 0 radical (unpaired) electrons. The molecule has 0 saturated carbocycles. The third-order valence-electron chi connectivity index (χ3n) is 18.1. The fourth-order valence-electron chi connectivity index (χ4n) is 12.8. The van der Waals surface area contributed by atoms with Crippen molar-refractivity contribution in [2.45, 2.75) is 107 Å². The minimum atomic E-state index is -4.84. The number of ether oxygens (including phenoxy) is 3. The zero-order chi connectivity index (χ0) is 66.9. The smallest absolute Gasteiger partial charge is 0.418 e. The van der Waals surface area contributed by atoms with Crippen LogP contribution in [0.25, 0.3) is 0 Å². The van der Waals surface area contributed by atoms with Gasteiger partial charge in [0.05, 0.1) is 39.2 Å². The number of halogens is 8. The number of alkyl halides is 6. The van der Waals surface area contributed by atoms with Gasteiger partial charge in [0.1, 0.15) is 12.6 Å².